The van der Waals surface area contributed by atoms with Crippen molar-refractivity contribution in [3.8, 4) is 0 Å². The van der Waals surface area contributed by atoms with Crippen LogP contribution in [0.25, 0.3) is 0 Å². The van der Waals surface area contributed by atoms with Crippen molar-refractivity contribution in [3.05, 3.63) is 11.1 Å². The number of piperidine rings is 1. The molecule has 0 bridgehead atoms. The van der Waals surface area contributed by atoms with E-state index in [0.29, 0.717) is 19.0 Å². The molecular formula is C12H21N3O2S3. The number of aromatic nitrogens is 1. The Balaban J connectivity index is 1.80. The molecule has 1 fully saturated rings. The van der Waals surface area contributed by atoms with Crippen molar-refractivity contribution in [2.45, 2.75) is 24.1 Å². The molecule has 1 aromatic heterocycles. The SMILES string of the molecule is Cc1csc(SCC2CCN(S(=O)(=O)N(C)C)CC2)n1. The van der Waals surface area contributed by atoms with Gasteiger partial charge in [0.2, 0.25) is 0 Å². The summed E-state index contributed by atoms with van der Waals surface area (Å²) >= 11 is 3.48. The molecule has 0 spiro atoms. The molecule has 0 N–H and O–H groups in total. The minimum absolute atomic E-state index is 0.581. The van der Waals surface area contributed by atoms with Gasteiger partial charge in [-0.05, 0) is 25.7 Å². The molecule has 2 heterocycles. The highest BCUT2D eigenvalue weighted by molar-refractivity contribution is 8.01. The fourth-order valence-corrected chi connectivity index (χ4v) is 5.32. The van der Waals surface area contributed by atoms with Crippen LogP contribution in [0.4, 0.5) is 0 Å². The van der Waals surface area contributed by atoms with Crippen LogP contribution in [-0.4, -0.2) is 54.9 Å². The van der Waals surface area contributed by atoms with Crippen LogP contribution in [0.1, 0.15) is 18.5 Å². The Bertz CT molecular complexity index is 534. The second-order valence-corrected chi connectivity index (χ2v) is 9.47. The van der Waals surface area contributed by atoms with Gasteiger partial charge >= 0.3 is 0 Å². The first-order valence-electron chi connectivity index (χ1n) is 6.62. The number of thioether (sulfide) groups is 1. The highest BCUT2D eigenvalue weighted by Gasteiger charge is 2.29. The largest absolute Gasteiger partial charge is 0.281 e. The van der Waals surface area contributed by atoms with Crippen LogP contribution >= 0.6 is 23.1 Å². The van der Waals surface area contributed by atoms with Crippen LogP contribution in [0.15, 0.2) is 9.72 Å². The first-order valence-corrected chi connectivity index (χ1v) is 9.88. The minimum Gasteiger partial charge on any atom is -0.235 e. The van der Waals surface area contributed by atoms with Gasteiger partial charge in [-0.1, -0.05) is 11.8 Å². The maximum Gasteiger partial charge on any atom is 0.281 e. The monoisotopic (exact) mass is 335 g/mol. The molecule has 8 heteroatoms. The zero-order valence-corrected chi connectivity index (χ0v) is 14.5. The van der Waals surface area contributed by atoms with Gasteiger partial charge in [-0.15, -0.1) is 11.3 Å². The van der Waals surface area contributed by atoms with Crippen LogP contribution in [0.2, 0.25) is 0 Å². The van der Waals surface area contributed by atoms with Crippen LogP contribution in [0.5, 0.6) is 0 Å². The Morgan fingerprint density at radius 1 is 1.45 bits per heavy atom. The third kappa shape index (κ3) is 3.94. The average Bonchev–Trinajstić information content (AvgIpc) is 2.82. The summed E-state index contributed by atoms with van der Waals surface area (Å²) in [6.45, 7) is 3.26. The molecule has 1 aliphatic heterocycles. The summed E-state index contributed by atoms with van der Waals surface area (Å²) in [5.74, 6) is 1.61. The smallest absolute Gasteiger partial charge is 0.235 e. The third-order valence-corrected chi connectivity index (χ3v) is 7.71. The minimum atomic E-state index is -3.24. The van der Waals surface area contributed by atoms with Crippen molar-refractivity contribution in [3.63, 3.8) is 0 Å². The third-order valence-electron chi connectivity index (χ3n) is 3.40. The molecule has 0 aromatic carbocycles. The molecule has 20 heavy (non-hydrogen) atoms. The van der Waals surface area contributed by atoms with E-state index in [2.05, 4.69) is 10.4 Å². The van der Waals surface area contributed by atoms with Gasteiger partial charge in [-0.3, -0.25) is 0 Å². The van der Waals surface area contributed by atoms with E-state index < -0.39 is 10.2 Å². The summed E-state index contributed by atoms with van der Waals surface area (Å²) in [5.41, 5.74) is 1.07. The van der Waals surface area contributed by atoms with Crippen LogP contribution in [-0.2, 0) is 10.2 Å². The van der Waals surface area contributed by atoms with E-state index >= 15 is 0 Å². The second-order valence-electron chi connectivity index (χ2n) is 5.20. The average molecular weight is 336 g/mol. The van der Waals surface area contributed by atoms with Gasteiger partial charge in [0.25, 0.3) is 10.2 Å². The quantitative estimate of drug-likeness (QED) is 0.773. The van der Waals surface area contributed by atoms with Gasteiger partial charge in [0, 0.05) is 44.0 Å². The molecular weight excluding hydrogens is 314 g/mol. The van der Waals surface area contributed by atoms with Crippen molar-refractivity contribution in [1.29, 1.82) is 0 Å². The van der Waals surface area contributed by atoms with E-state index in [4.69, 9.17) is 0 Å². The Morgan fingerprint density at radius 3 is 2.60 bits per heavy atom. The van der Waals surface area contributed by atoms with Crippen molar-refractivity contribution in [1.82, 2.24) is 13.6 Å². The lowest BCUT2D eigenvalue weighted by Crippen LogP contribution is -2.44. The number of hydrogen-bond donors (Lipinski definition) is 0. The molecule has 5 nitrogen and oxygen atoms in total. The zero-order valence-electron chi connectivity index (χ0n) is 12.1. The van der Waals surface area contributed by atoms with E-state index in [-0.39, 0.29) is 0 Å². The van der Waals surface area contributed by atoms with Crippen molar-refractivity contribution < 1.29 is 8.42 Å². The molecule has 2 rings (SSSR count). The Morgan fingerprint density at radius 2 is 2.10 bits per heavy atom. The van der Waals surface area contributed by atoms with Crippen molar-refractivity contribution in [2.24, 2.45) is 5.92 Å². The fourth-order valence-electron chi connectivity index (χ4n) is 2.13. The van der Waals surface area contributed by atoms with Gasteiger partial charge in [0.05, 0.1) is 0 Å². The highest BCUT2D eigenvalue weighted by atomic mass is 32.2. The molecule has 1 aromatic rings. The lowest BCUT2D eigenvalue weighted by Gasteiger charge is -2.32. The number of hydrogen-bond acceptors (Lipinski definition) is 5. The van der Waals surface area contributed by atoms with E-state index in [1.165, 1.54) is 4.31 Å². The molecule has 1 aliphatic rings. The summed E-state index contributed by atoms with van der Waals surface area (Å²) in [6, 6.07) is 0. The van der Waals surface area contributed by atoms with Crippen molar-refractivity contribution >= 4 is 33.3 Å². The first kappa shape index (κ1) is 16.2. The summed E-state index contributed by atoms with van der Waals surface area (Å²) in [5, 5.41) is 2.06. The number of rotatable bonds is 5. The predicted octanol–water partition coefficient (Wildman–Crippen LogP) is 2.06. The number of thiazole rings is 1. The molecule has 1 saturated heterocycles. The molecule has 0 aliphatic carbocycles. The molecule has 0 unspecified atom stereocenters. The lowest BCUT2D eigenvalue weighted by molar-refractivity contribution is 0.278. The summed E-state index contributed by atoms with van der Waals surface area (Å²) in [6.07, 6.45) is 1.87. The summed E-state index contributed by atoms with van der Waals surface area (Å²) < 4.78 is 28.0. The maximum absolute atomic E-state index is 12.0. The molecule has 0 atom stereocenters. The maximum atomic E-state index is 12.0. The molecule has 0 saturated carbocycles. The fraction of sp³-hybridized carbons (Fsp3) is 0.750. The van der Waals surface area contributed by atoms with Gasteiger partial charge in [0.15, 0.2) is 0 Å². The number of nitrogens with zero attached hydrogens (tertiary/aromatic N) is 3. The van der Waals surface area contributed by atoms with E-state index in [1.54, 1.807) is 41.5 Å². The van der Waals surface area contributed by atoms with Crippen molar-refractivity contribution in [2.75, 3.05) is 32.9 Å². The van der Waals surface area contributed by atoms with Gasteiger partial charge in [-0.2, -0.15) is 17.0 Å². The van der Waals surface area contributed by atoms with E-state index in [1.807, 2.05) is 6.92 Å². The standard InChI is InChI=1S/C12H21N3O2S3/c1-10-8-18-12(13-10)19-9-11-4-6-15(7-5-11)20(16,17)14(2)3/h8,11H,4-7,9H2,1-3H3. The van der Waals surface area contributed by atoms with Crippen LogP contribution in [0, 0.1) is 12.8 Å². The Hall–Kier alpha value is -0.150. The summed E-state index contributed by atoms with van der Waals surface area (Å²) in [4.78, 5) is 4.44. The predicted molar refractivity (Wildman–Crippen MR) is 84.5 cm³/mol. The van der Waals surface area contributed by atoms with Gasteiger partial charge < -0.3 is 0 Å². The highest BCUT2D eigenvalue weighted by Crippen LogP contribution is 2.29. The zero-order chi connectivity index (χ0) is 14.8. The van der Waals surface area contributed by atoms with Gasteiger partial charge in [-0.25, -0.2) is 4.98 Å². The summed E-state index contributed by atoms with van der Waals surface area (Å²) in [7, 11) is -0.0668. The second kappa shape index (κ2) is 6.74. The van der Waals surface area contributed by atoms with E-state index in [9.17, 15) is 8.42 Å². The Kier molecular flexibility index (Phi) is 5.47. The number of aryl methyl sites for hydroxylation is 1. The molecule has 0 amide bonds. The topological polar surface area (TPSA) is 53.5 Å². The molecule has 114 valence electrons. The lowest BCUT2D eigenvalue weighted by atomic mass is 10.0. The Labute approximate surface area is 129 Å². The molecule has 0 radical (unpaired) electrons. The van der Waals surface area contributed by atoms with Crippen LogP contribution in [0.3, 0.4) is 0 Å². The van der Waals surface area contributed by atoms with Crippen LogP contribution < -0.4 is 0 Å². The normalized spacial score (nSPS) is 18.8. The first-order chi connectivity index (χ1) is 9.39. The van der Waals surface area contributed by atoms with Gasteiger partial charge in [0.1, 0.15) is 4.34 Å². The van der Waals surface area contributed by atoms with E-state index in [0.717, 1.165) is 28.6 Å².